The second-order valence-corrected chi connectivity index (χ2v) is 4.96. The van der Waals surface area contributed by atoms with Gasteiger partial charge in [0.05, 0.1) is 5.69 Å². The zero-order valence-electron chi connectivity index (χ0n) is 8.86. The minimum absolute atomic E-state index is 0.327. The third-order valence-corrected chi connectivity index (χ3v) is 3.30. The lowest BCUT2D eigenvalue weighted by atomic mass is 10.3. The first-order valence-corrected chi connectivity index (χ1v) is 6.29. The fourth-order valence-corrected chi connectivity index (χ4v) is 2.42. The molecule has 0 saturated heterocycles. The quantitative estimate of drug-likeness (QED) is 0.681. The van der Waals surface area contributed by atoms with Crippen LogP contribution in [0.15, 0.2) is 41.4 Å². The molecule has 5 heteroatoms. The van der Waals surface area contributed by atoms with Crippen molar-refractivity contribution in [3.05, 3.63) is 53.1 Å². The van der Waals surface area contributed by atoms with Crippen LogP contribution in [0, 0.1) is 5.82 Å². The molecule has 0 aliphatic rings. The summed E-state index contributed by atoms with van der Waals surface area (Å²) >= 11 is 7.32. The average molecular weight is 269 g/mol. The van der Waals surface area contributed by atoms with Gasteiger partial charge in [0.25, 0.3) is 0 Å². The van der Waals surface area contributed by atoms with Gasteiger partial charge in [-0.25, -0.2) is 4.39 Å². The Labute approximate surface area is 108 Å². The van der Waals surface area contributed by atoms with E-state index in [9.17, 15) is 4.39 Å². The van der Waals surface area contributed by atoms with Crippen molar-refractivity contribution >= 4 is 29.1 Å². The zero-order valence-corrected chi connectivity index (χ0v) is 10.4. The Morgan fingerprint density at radius 1 is 1.29 bits per heavy atom. The Bertz CT molecular complexity index is 513. The molecular weight excluding hydrogens is 259 g/mol. The van der Waals surface area contributed by atoms with Gasteiger partial charge in [-0.1, -0.05) is 11.6 Å². The van der Waals surface area contributed by atoms with E-state index in [0.717, 1.165) is 10.6 Å². The van der Waals surface area contributed by atoms with Crippen molar-refractivity contribution in [2.24, 2.45) is 0 Å². The van der Waals surface area contributed by atoms with E-state index in [1.165, 1.54) is 23.9 Å². The van der Waals surface area contributed by atoms with Crippen LogP contribution in [0.2, 0.25) is 5.02 Å². The van der Waals surface area contributed by atoms with Crippen LogP contribution in [0.3, 0.4) is 0 Å². The highest BCUT2D eigenvalue weighted by Crippen LogP contribution is 2.25. The largest absolute Gasteiger partial charge is 0.399 e. The van der Waals surface area contributed by atoms with Crippen LogP contribution in [0.1, 0.15) is 5.69 Å². The van der Waals surface area contributed by atoms with Crippen LogP contribution in [-0.4, -0.2) is 4.98 Å². The maximum absolute atomic E-state index is 13.1. The molecule has 17 heavy (non-hydrogen) atoms. The highest BCUT2D eigenvalue weighted by atomic mass is 35.5. The van der Waals surface area contributed by atoms with E-state index in [-0.39, 0.29) is 5.82 Å². The van der Waals surface area contributed by atoms with Crippen LogP contribution in [0.4, 0.5) is 10.1 Å². The van der Waals surface area contributed by atoms with Crippen molar-refractivity contribution < 1.29 is 4.39 Å². The Balaban J connectivity index is 2.07. The number of hydrogen-bond acceptors (Lipinski definition) is 3. The maximum Gasteiger partial charge on any atom is 0.126 e. The third kappa shape index (κ3) is 3.61. The molecule has 0 fully saturated rings. The van der Waals surface area contributed by atoms with Gasteiger partial charge in [-0.3, -0.25) is 4.98 Å². The predicted molar refractivity (Wildman–Crippen MR) is 69.6 cm³/mol. The lowest BCUT2D eigenvalue weighted by Gasteiger charge is -2.03. The number of aromatic nitrogens is 1. The number of anilines is 1. The molecule has 0 amide bonds. The molecule has 0 radical (unpaired) electrons. The van der Waals surface area contributed by atoms with E-state index in [1.54, 1.807) is 24.4 Å². The Morgan fingerprint density at radius 2 is 2.12 bits per heavy atom. The fourth-order valence-electron chi connectivity index (χ4n) is 1.35. The molecule has 2 rings (SSSR count). The van der Waals surface area contributed by atoms with E-state index < -0.39 is 0 Å². The first-order valence-electron chi connectivity index (χ1n) is 4.93. The number of benzene rings is 1. The second kappa shape index (κ2) is 5.38. The van der Waals surface area contributed by atoms with Gasteiger partial charge >= 0.3 is 0 Å². The van der Waals surface area contributed by atoms with E-state index in [1.807, 2.05) is 0 Å². The van der Waals surface area contributed by atoms with Crippen molar-refractivity contribution in [3.63, 3.8) is 0 Å². The molecule has 88 valence electrons. The molecule has 0 aliphatic carbocycles. The Kier molecular flexibility index (Phi) is 3.86. The van der Waals surface area contributed by atoms with E-state index in [2.05, 4.69) is 4.98 Å². The Hall–Kier alpha value is -1.26. The molecule has 2 aromatic rings. The van der Waals surface area contributed by atoms with Gasteiger partial charge in [0.2, 0.25) is 0 Å². The third-order valence-electron chi connectivity index (χ3n) is 2.06. The summed E-state index contributed by atoms with van der Waals surface area (Å²) in [6.45, 7) is 0. The number of nitrogens with zero attached hydrogens (tertiary/aromatic N) is 1. The summed E-state index contributed by atoms with van der Waals surface area (Å²) in [6, 6.07) is 7.98. The van der Waals surface area contributed by atoms with Crippen molar-refractivity contribution in [3.8, 4) is 0 Å². The maximum atomic E-state index is 13.1. The van der Waals surface area contributed by atoms with E-state index in [4.69, 9.17) is 17.3 Å². The van der Waals surface area contributed by atoms with Gasteiger partial charge in [0.1, 0.15) is 5.82 Å². The van der Waals surface area contributed by atoms with Crippen LogP contribution >= 0.6 is 23.4 Å². The lowest BCUT2D eigenvalue weighted by molar-refractivity contribution is 0.625. The first kappa shape index (κ1) is 12.2. The highest BCUT2D eigenvalue weighted by Gasteiger charge is 2.01. The van der Waals surface area contributed by atoms with Crippen LogP contribution in [-0.2, 0) is 5.75 Å². The molecule has 0 aliphatic heterocycles. The highest BCUT2D eigenvalue weighted by molar-refractivity contribution is 7.98. The Morgan fingerprint density at radius 3 is 2.82 bits per heavy atom. The number of hydrogen-bond donors (Lipinski definition) is 1. The summed E-state index contributed by atoms with van der Waals surface area (Å²) in [4.78, 5) is 4.95. The molecule has 2 N–H and O–H groups in total. The molecule has 0 atom stereocenters. The molecule has 2 nitrogen and oxygen atoms in total. The summed E-state index contributed by atoms with van der Waals surface area (Å²) in [5, 5.41) is 0.648. The number of thioether (sulfide) groups is 1. The van der Waals surface area contributed by atoms with Gasteiger partial charge < -0.3 is 5.73 Å². The van der Waals surface area contributed by atoms with Gasteiger partial charge in [-0.15, -0.1) is 11.8 Å². The second-order valence-electron chi connectivity index (χ2n) is 3.47. The predicted octanol–water partition coefficient (Wildman–Crippen LogP) is 3.75. The number of pyridine rings is 1. The molecule has 1 aromatic carbocycles. The van der Waals surface area contributed by atoms with Crippen LogP contribution in [0.5, 0.6) is 0 Å². The van der Waals surface area contributed by atoms with Crippen molar-refractivity contribution in [1.29, 1.82) is 0 Å². The first-order chi connectivity index (χ1) is 8.13. The normalized spacial score (nSPS) is 10.5. The minimum Gasteiger partial charge on any atom is -0.399 e. The van der Waals surface area contributed by atoms with Gasteiger partial charge in [0.15, 0.2) is 0 Å². The average Bonchev–Trinajstić information content (AvgIpc) is 2.25. The van der Waals surface area contributed by atoms with Crippen LogP contribution in [0.25, 0.3) is 0 Å². The number of nitrogens with two attached hydrogens (primary N) is 1. The summed E-state index contributed by atoms with van der Waals surface area (Å²) in [5.41, 5.74) is 6.84. The summed E-state index contributed by atoms with van der Waals surface area (Å²) in [5.74, 6) is 0.301. The number of halogens is 2. The summed E-state index contributed by atoms with van der Waals surface area (Å²) in [7, 11) is 0. The minimum atomic E-state index is -0.327. The molecular formula is C12H10ClFN2S. The molecule has 1 aromatic heterocycles. The van der Waals surface area contributed by atoms with Gasteiger partial charge in [0, 0.05) is 27.6 Å². The monoisotopic (exact) mass is 268 g/mol. The fraction of sp³-hybridized carbons (Fsp3) is 0.0833. The molecule has 1 heterocycles. The summed E-state index contributed by atoms with van der Waals surface area (Å²) < 4.78 is 13.1. The SMILES string of the molecule is Nc1cc(F)cc(SCc2cc(Cl)ccn2)c1. The van der Waals surface area contributed by atoms with Crippen molar-refractivity contribution in [2.75, 3.05) is 5.73 Å². The standard InChI is InChI=1S/C12H10ClFN2S/c13-8-1-2-16-11(3-8)7-17-12-5-9(14)4-10(15)6-12/h1-6H,7,15H2. The van der Waals surface area contributed by atoms with Gasteiger partial charge in [-0.2, -0.15) is 0 Å². The van der Waals surface area contributed by atoms with Gasteiger partial charge in [-0.05, 0) is 30.3 Å². The lowest BCUT2D eigenvalue weighted by Crippen LogP contribution is -1.89. The number of nitrogen functional groups attached to an aromatic ring is 1. The summed E-state index contributed by atoms with van der Waals surface area (Å²) in [6.07, 6.45) is 1.65. The molecule has 0 spiro atoms. The molecule has 0 saturated carbocycles. The van der Waals surface area contributed by atoms with Crippen LogP contribution < -0.4 is 5.73 Å². The van der Waals surface area contributed by atoms with E-state index >= 15 is 0 Å². The smallest absolute Gasteiger partial charge is 0.126 e. The topological polar surface area (TPSA) is 38.9 Å². The zero-order chi connectivity index (χ0) is 12.3. The van der Waals surface area contributed by atoms with E-state index in [0.29, 0.717) is 16.5 Å². The van der Waals surface area contributed by atoms with Crippen molar-refractivity contribution in [1.82, 2.24) is 4.98 Å². The molecule has 0 unspecified atom stereocenters. The number of rotatable bonds is 3. The molecule has 0 bridgehead atoms. The van der Waals surface area contributed by atoms with Crippen molar-refractivity contribution in [2.45, 2.75) is 10.6 Å².